The van der Waals surface area contributed by atoms with E-state index in [1.54, 1.807) is 17.0 Å². The molecule has 4 aromatic rings. The van der Waals surface area contributed by atoms with E-state index in [9.17, 15) is 14.0 Å². The third-order valence-corrected chi connectivity index (χ3v) is 6.24. The fraction of sp³-hybridized carbons (Fsp3) is 0.208. The number of anilines is 1. The lowest BCUT2D eigenvalue weighted by molar-refractivity contribution is -0.119. The standard InChI is InChI=1S/C24H22FN3O2S/c1-4-28(19-7-5-6-15(2)12-19)20(29)13-27-14-26-23-22(24(27)30)21(16(3)31-23)17-8-10-18(25)11-9-17/h5-12,14H,4,13H2,1-3H3. The summed E-state index contributed by atoms with van der Waals surface area (Å²) in [5.74, 6) is -0.524. The van der Waals surface area contributed by atoms with E-state index in [2.05, 4.69) is 4.98 Å². The molecule has 0 unspecified atom stereocenters. The number of fused-ring (bicyclic) bond motifs is 1. The van der Waals surface area contributed by atoms with Gasteiger partial charge in [-0.3, -0.25) is 14.2 Å². The summed E-state index contributed by atoms with van der Waals surface area (Å²) in [6.07, 6.45) is 1.43. The predicted molar refractivity (Wildman–Crippen MR) is 123 cm³/mol. The van der Waals surface area contributed by atoms with Crippen LogP contribution < -0.4 is 10.5 Å². The summed E-state index contributed by atoms with van der Waals surface area (Å²) >= 11 is 1.42. The Morgan fingerprint density at radius 3 is 2.58 bits per heavy atom. The van der Waals surface area contributed by atoms with E-state index in [0.29, 0.717) is 16.8 Å². The first-order valence-electron chi connectivity index (χ1n) is 10.0. The first-order valence-corrected chi connectivity index (χ1v) is 10.8. The molecule has 1 amide bonds. The van der Waals surface area contributed by atoms with Crippen molar-refractivity contribution in [1.29, 1.82) is 0 Å². The Morgan fingerprint density at radius 1 is 1.16 bits per heavy atom. The van der Waals surface area contributed by atoms with Crippen LogP contribution in [-0.4, -0.2) is 22.0 Å². The van der Waals surface area contributed by atoms with Crippen molar-refractivity contribution in [3.8, 4) is 11.1 Å². The van der Waals surface area contributed by atoms with Crippen LogP contribution >= 0.6 is 11.3 Å². The van der Waals surface area contributed by atoms with Crippen LogP contribution in [0.4, 0.5) is 10.1 Å². The maximum Gasteiger partial charge on any atom is 0.263 e. The van der Waals surface area contributed by atoms with Gasteiger partial charge >= 0.3 is 0 Å². The Labute approximate surface area is 183 Å². The number of hydrogen-bond donors (Lipinski definition) is 0. The number of carbonyl (C=O) groups is 1. The number of benzene rings is 2. The van der Waals surface area contributed by atoms with Gasteiger partial charge in [0.05, 0.1) is 11.7 Å². The lowest BCUT2D eigenvalue weighted by atomic mass is 10.0. The highest BCUT2D eigenvalue weighted by Crippen LogP contribution is 2.35. The van der Waals surface area contributed by atoms with Gasteiger partial charge in [0.25, 0.3) is 5.56 Å². The molecule has 0 radical (unpaired) electrons. The van der Waals surface area contributed by atoms with E-state index in [-0.39, 0.29) is 23.8 Å². The van der Waals surface area contributed by atoms with Gasteiger partial charge in [-0.1, -0.05) is 24.3 Å². The van der Waals surface area contributed by atoms with Crippen LogP contribution in [0.5, 0.6) is 0 Å². The zero-order valence-corrected chi connectivity index (χ0v) is 18.4. The second-order valence-corrected chi connectivity index (χ2v) is 8.58. The maximum absolute atomic E-state index is 13.4. The third kappa shape index (κ3) is 4.01. The smallest absolute Gasteiger partial charge is 0.263 e. The number of amides is 1. The number of rotatable bonds is 5. The number of aryl methyl sites for hydroxylation is 2. The van der Waals surface area contributed by atoms with E-state index < -0.39 is 0 Å². The fourth-order valence-electron chi connectivity index (χ4n) is 3.74. The number of aromatic nitrogens is 2. The highest BCUT2D eigenvalue weighted by Gasteiger charge is 2.20. The van der Waals surface area contributed by atoms with Crippen molar-refractivity contribution in [2.24, 2.45) is 0 Å². The van der Waals surface area contributed by atoms with Gasteiger partial charge in [-0.15, -0.1) is 11.3 Å². The molecule has 0 fully saturated rings. The number of nitrogens with zero attached hydrogens (tertiary/aromatic N) is 3. The topological polar surface area (TPSA) is 55.2 Å². The molecule has 0 saturated heterocycles. The van der Waals surface area contributed by atoms with E-state index in [1.165, 1.54) is 34.4 Å². The quantitative estimate of drug-likeness (QED) is 0.446. The fourth-order valence-corrected chi connectivity index (χ4v) is 4.75. The molecule has 7 heteroatoms. The minimum absolute atomic E-state index is 0.110. The first-order chi connectivity index (χ1) is 14.9. The van der Waals surface area contributed by atoms with Crippen LogP contribution in [0.25, 0.3) is 21.3 Å². The van der Waals surface area contributed by atoms with Crippen molar-refractivity contribution in [3.05, 3.63) is 81.5 Å². The lowest BCUT2D eigenvalue weighted by Crippen LogP contribution is -2.36. The third-order valence-electron chi connectivity index (χ3n) is 5.22. The van der Waals surface area contributed by atoms with Crippen LogP contribution in [0.15, 0.2) is 59.7 Å². The molecule has 2 aromatic heterocycles. The van der Waals surface area contributed by atoms with Crippen LogP contribution in [-0.2, 0) is 11.3 Å². The average Bonchev–Trinajstić information content (AvgIpc) is 3.08. The molecule has 2 aromatic carbocycles. The molecule has 0 atom stereocenters. The summed E-state index contributed by atoms with van der Waals surface area (Å²) in [5, 5.41) is 0.461. The molecule has 2 heterocycles. The van der Waals surface area contributed by atoms with Gasteiger partial charge in [-0.25, -0.2) is 9.37 Å². The predicted octanol–water partition coefficient (Wildman–Crippen LogP) is 4.93. The molecule has 0 aliphatic heterocycles. The average molecular weight is 436 g/mol. The van der Waals surface area contributed by atoms with Gasteiger partial charge in [0.2, 0.25) is 5.91 Å². The zero-order chi connectivity index (χ0) is 22.1. The molecule has 0 spiro atoms. The summed E-state index contributed by atoms with van der Waals surface area (Å²) < 4.78 is 14.7. The van der Waals surface area contributed by atoms with Crippen molar-refractivity contribution in [2.75, 3.05) is 11.4 Å². The van der Waals surface area contributed by atoms with Gasteiger partial charge in [0, 0.05) is 22.7 Å². The molecule has 0 saturated carbocycles. The Morgan fingerprint density at radius 2 is 1.90 bits per heavy atom. The summed E-state index contributed by atoms with van der Waals surface area (Å²) in [7, 11) is 0. The van der Waals surface area contributed by atoms with E-state index in [0.717, 1.165) is 27.3 Å². The molecule has 4 rings (SSSR count). The number of thiophene rings is 1. The SMILES string of the molecule is CCN(C(=O)Cn1cnc2sc(C)c(-c3ccc(F)cc3)c2c1=O)c1cccc(C)c1. The van der Waals surface area contributed by atoms with Crippen molar-refractivity contribution in [2.45, 2.75) is 27.3 Å². The molecule has 5 nitrogen and oxygen atoms in total. The molecular formula is C24H22FN3O2S. The summed E-state index contributed by atoms with van der Waals surface area (Å²) in [4.78, 5) is 34.0. The Balaban J connectivity index is 1.74. The molecule has 0 aliphatic carbocycles. The van der Waals surface area contributed by atoms with Crippen molar-refractivity contribution < 1.29 is 9.18 Å². The molecule has 0 bridgehead atoms. The molecule has 31 heavy (non-hydrogen) atoms. The monoisotopic (exact) mass is 435 g/mol. The first kappa shape index (κ1) is 20.9. The molecule has 0 aliphatic rings. The molecular weight excluding hydrogens is 413 g/mol. The van der Waals surface area contributed by atoms with Gasteiger partial charge in [-0.05, 0) is 56.2 Å². The number of carbonyl (C=O) groups excluding carboxylic acids is 1. The second kappa shape index (κ2) is 8.43. The van der Waals surface area contributed by atoms with Crippen LogP contribution in [0.3, 0.4) is 0 Å². The number of likely N-dealkylation sites (N-methyl/N-ethyl adjacent to an activating group) is 1. The Bertz CT molecular complexity index is 1330. The van der Waals surface area contributed by atoms with Gasteiger partial charge < -0.3 is 4.90 Å². The largest absolute Gasteiger partial charge is 0.311 e. The Kier molecular flexibility index (Phi) is 5.69. The highest BCUT2D eigenvalue weighted by atomic mass is 32.1. The van der Waals surface area contributed by atoms with Crippen LogP contribution in [0, 0.1) is 19.7 Å². The Hall–Kier alpha value is -3.32. The van der Waals surface area contributed by atoms with E-state index >= 15 is 0 Å². The number of halogens is 1. The summed E-state index contributed by atoms with van der Waals surface area (Å²) in [6.45, 7) is 6.17. The highest BCUT2D eigenvalue weighted by molar-refractivity contribution is 7.19. The lowest BCUT2D eigenvalue weighted by Gasteiger charge is -2.22. The van der Waals surface area contributed by atoms with Crippen LogP contribution in [0.2, 0.25) is 0 Å². The van der Waals surface area contributed by atoms with Crippen molar-refractivity contribution in [1.82, 2.24) is 9.55 Å². The van der Waals surface area contributed by atoms with E-state index in [4.69, 9.17) is 0 Å². The van der Waals surface area contributed by atoms with Crippen molar-refractivity contribution in [3.63, 3.8) is 0 Å². The minimum Gasteiger partial charge on any atom is -0.311 e. The van der Waals surface area contributed by atoms with E-state index in [1.807, 2.05) is 45.0 Å². The number of hydrogen-bond acceptors (Lipinski definition) is 4. The summed E-state index contributed by atoms with van der Waals surface area (Å²) in [6, 6.07) is 13.8. The maximum atomic E-state index is 13.4. The molecule has 0 N–H and O–H groups in total. The second-order valence-electron chi connectivity index (χ2n) is 7.37. The minimum atomic E-state index is -0.335. The van der Waals surface area contributed by atoms with Gasteiger partial charge in [0.15, 0.2) is 0 Å². The molecule has 158 valence electrons. The van der Waals surface area contributed by atoms with Gasteiger partial charge in [0.1, 0.15) is 17.2 Å². The van der Waals surface area contributed by atoms with Gasteiger partial charge in [-0.2, -0.15) is 0 Å². The van der Waals surface area contributed by atoms with Crippen LogP contribution in [0.1, 0.15) is 17.4 Å². The van der Waals surface area contributed by atoms with Crippen molar-refractivity contribution >= 4 is 33.1 Å². The normalized spacial score (nSPS) is 11.1. The zero-order valence-electron chi connectivity index (χ0n) is 17.6. The summed E-state index contributed by atoms with van der Waals surface area (Å²) in [5.41, 5.74) is 3.07.